The van der Waals surface area contributed by atoms with Gasteiger partial charge in [0.25, 0.3) is 0 Å². The summed E-state index contributed by atoms with van der Waals surface area (Å²) in [5, 5.41) is 0. The molecule has 82 valence electrons. The van der Waals surface area contributed by atoms with Crippen molar-refractivity contribution in [2.24, 2.45) is 0 Å². The van der Waals surface area contributed by atoms with E-state index in [1.54, 1.807) is 19.0 Å². The Morgan fingerprint density at radius 1 is 1.20 bits per heavy atom. The zero-order valence-corrected chi connectivity index (χ0v) is 8.92. The first kappa shape index (κ1) is 11.8. The topological polar surface area (TPSA) is 20.3 Å². The van der Waals surface area contributed by atoms with Gasteiger partial charge in [0.05, 0.1) is 6.04 Å². The van der Waals surface area contributed by atoms with Crippen molar-refractivity contribution in [1.29, 1.82) is 0 Å². The molecule has 0 bridgehead atoms. The summed E-state index contributed by atoms with van der Waals surface area (Å²) in [5.74, 6) is -1.48. The van der Waals surface area contributed by atoms with Gasteiger partial charge in [0, 0.05) is 6.07 Å². The summed E-state index contributed by atoms with van der Waals surface area (Å²) >= 11 is 0. The number of carbonyl (C=O) groups excluding carboxylic acids is 1. The molecular formula is C11H13F2NO. The van der Waals surface area contributed by atoms with Gasteiger partial charge in [-0.3, -0.25) is 9.69 Å². The molecule has 15 heavy (non-hydrogen) atoms. The molecule has 0 aliphatic heterocycles. The van der Waals surface area contributed by atoms with E-state index in [9.17, 15) is 13.6 Å². The number of ketones is 1. The lowest BCUT2D eigenvalue weighted by molar-refractivity contribution is -0.121. The van der Waals surface area contributed by atoms with Gasteiger partial charge in [-0.2, -0.15) is 0 Å². The predicted octanol–water partition coefficient (Wildman–Crippen LogP) is 2.16. The quantitative estimate of drug-likeness (QED) is 0.766. The Morgan fingerprint density at radius 2 is 1.67 bits per heavy atom. The third kappa shape index (κ3) is 2.83. The smallest absolute Gasteiger partial charge is 0.151 e. The van der Waals surface area contributed by atoms with Crippen LogP contribution in [-0.4, -0.2) is 24.8 Å². The van der Waals surface area contributed by atoms with Crippen LogP contribution < -0.4 is 0 Å². The maximum Gasteiger partial charge on any atom is 0.151 e. The van der Waals surface area contributed by atoms with E-state index in [4.69, 9.17) is 0 Å². The van der Waals surface area contributed by atoms with E-state index < -0.39 is 17.7 Å². The molecule has 1 atom stereocenters. The van der Waals surface area contributed by atoms with Crippen LogP contribution in [0.4, 0.5) is 8.78 Å². The first-order chi connectivity index (χ1) is 6.91. The zero-order chi connectivity index (χ0) is 11.6. The van der Waals surface area contributed by atoms with Crippen LogP contribution in [0.5, 0.6) is 0 Å². The van der Waals surface area contributed by atoms with Crippen molar-refractivity contribution in [2.75, 3.05) is 14.1 Å². The van der Waals surface area contributed by atoms with Crippen LogP contribution >= 0.6 is 0 Å². The Hall–Kier alpha value is -1.29. The number of carbonyl (C=O) groups is 1. The third-order valence-electron chi connectivity index (χ3n) is 2.10. The van der Waals surface area contributed by atoms with Crippen LogP contribution in [0, 0.1) is 11.6 Å². The van der Waals surface area contributed by atoms with Crippen LogP contribution in [0.15, 0.2) is 18.2 Å². The summed E-state index contributed by atoms with van der Waals surface area (Å²) in [5.41, 5.74) is 0.338. The highest BCUT2D eigenvalue weighted by atomic mass is 19.1. The molecule has 0 radical (unpaired) electrons. The lowest BCUT2D eigenvalue weighted by Gasteiger charge is -2.21. The molecule has 0 saturated carbocycles. The van der Waals surface area contributed by atoms with Gasteiger partial charge in [-0.25, -0.2) is 8.78 Å². The number of nitrogens with zero attached hydrogens (tertiary/aromatic N) is 1. The molecule has 1 aromatic rings. The molecule has 1 unspecified atom stereocenters. The van der Waals surface area contributed by atoms with Gasteiger partial charge < -0.3 is 0 Å². The van der Waals surface area contributed by atoms with Crippen molar-refractivity contribution in [2.45, 2.75) is 13.0 Å². The first-order valence-electron chi connectivity index (χ1n) is 4.54. The number of benzene rings is 1. The van der Waals surface area contributed by atoms with E-state index >= 15 is 0 Å². The normalized spacial score (nSPS) is 12.9. The summed E-state index contributed by atoms with van der Waals surface area (Å²) in [6, 6.07) is 2.54. The van der Waals surface area contributed by atoms with Crippen molar-refractivity contribution in [1.82, 2.24) is 4.90 Å². The maximum atomic E-state index is 12.9. The van der Waals surface area contributed by atoms with Gasteiger partial charge in [-0.05, 0) is 38.7 Å². The summed E-state index contributed by atoms with van der Waals surface area (Å²) in [7, 11) is 3.38. The van der Waals surface area contributed by atoms with E-state index in [-0.39, 0.29) is 5.78 Å². The Morgan fingerprint density at radius 3 is 2.00 bits per heavy atom. The van der Waals surface area contributed by atoms with Crippen LogP contribution in [0.25, 0.3) is 0 Å². The minimum Gasteiger partial charge on any atom is -0.298 e. The molecule has 0 heterocycles. The second kappa shape index (κ2) is 4.49. The SMILES string of the molecule is CC(=O)C(c1cc(F)cc(F)c1)N(C)C. The van der Waals surface area contributed by atoms with Gasteiger partial charge in [-0.15, -0.1) is 0 Å². The van der Waals surface area contributed by atoms with Crippen LogP contribution in [0.3, 0.4) is 0 Å². The Balaban J connectivity index is 3.17. The van der Waals surface area contributed by atoms with E-state index in [1.807, 2.05) is 0 Å². The number of rotatable bonds is 3. The fraction of sp³-hybridized carbons (Fsp3) is 0.364. The van der Waals surface area contributed by atoms with Crippen molar-refractivity contribution < 1.29 is 13.6 Å². The molecule has 0 aliphatic carbocycles. The second-order valence-electron chi connectivity index (χ2n) is 3.68. The molecule has 0 spiro atoms. The lowest BCUT2D eigenvalue weighted by atomic mass is 10.0. The van der Waals surface area contributed by atoms with Gasteiger partial charge in [-0.1, -0.05) is 0 Å². The Bertz CT molecular complexity index is 357. The minimum atomic E-state index is -0.668. The molecule has 0 amide bonds. The van der Waals surface area contributed by atoms with Crippen molar-refractivity contribution in [3.8, 4) is 0 Å². The molecule has 1 rings (SSSR count). The molecule has 4 heteroatoms. The monoisotopic (exact) mass is 213 g/mol. The van der Waals surface area contributed by atoms with Gasteiger partial charge >= 0.3 is 0 Å². The predicted molar refractivity (Wildman–Crippen MR) is 53.5 cm³/mol. The highest BCUT2D eigenvalue weighted by molar-refractivity contribution is 5.82. The average Bonchev–Trinajstić information content (AvgIpc) is 1.99. The fourth-order valence-electron chi connectivity index (χ4n) is 1.63. The second-order valence-corrected chi connectivity index (χ2v) is 3.68. The van der Waals surface area contributed by atoms with Gasteiger partial charge in [0.2, 0.25) is 0 Å². The summed E-state index contributed by atoms with van der Waals surface area (Å²) in [4.78, 5) is 12.9. The molecule has 0 aromatic heterocycles. The summed E-state index contributed by atoms with van der Waals surface area (Å²) in [6.45, 7) is 1.40. The lowest BCUT2D eigenvalue weighted by Crippen LogP contribution is -2.26. The molecule has 0 aliphatic rings. The van der Waals surface area contributed by atoms with E-state index in [0.717, 1.165) is 6.07 Å². The van der Waals surface area contributed by atoms with E-state index in [2.05, 4.69) is 0 Å². The summed E-state index contributed by atoms with van der Waals surface area (Å²) in [6.07, 6.45) is 0. The van der Waals surface area contributed by atoms with Crippen molar-refractivity contribution in [3.63, 3.8) is 0 Å². The molecular weight excluding hydrogens is 200 g/mol. The third-order valence-corrected chi connectivity index (χ3v) is 2.10. The maximum absolute atomic E-state index is 12.9. The standard InChI is InChI=1S/C11H13F2NO/c1-7(15)11(14(2)3)8-4-9(12)6-10(13)5-8/h4-6,11H,1-3H3. The number of Topliss-reactive ketones (excluding diaryl/α,β-unsaturated/α-hetero) is 1. The average molecular weight is 213 g/mol. The highest BCUT2D eigenvalue weighted by Crippen LogP contribution is 2.21. The Kier molecular flexibility index (Phi) is 3.52. The molecule has 1 aromatic carbocycles. The van der Waals surface area contributed by atoms with Crippen LogP contribution in [-0.2, 0) is 4.79 Å². The molecule has 0 saturated heterocycles. The van der Waals surface area contributed by atoms with E-state index in [1.165, 1.54) is 19.1 Å². The number of likely N-dealkylation sites (N-methyl/N-ethyl adjacent to an activating group) is 1. The van der Waals surface area contributed by atoms with Gasteiger partial charge in [0.1, 0.15) is 11.6 Å². The molecule has 0 fully saturated rings. The first-order valence-corrected chi connectivity index (χ1v) is 4.54. The minimum absolute atomic E-state index is 0.148. The molecule has 2 nitrogen and oxygen atoms in total. The number of halogens is 2. The summed E-state index contributed by atoms with van der Waals surface area (Å²) < 4.78 is 25.9. The number of hydrogen-bond donors (Lipinski definition) is 0. The van der Waals surface area contributed by atoms with Crippen LogP contribution in [0.2, 0.25) is 0 Å². The number of hydrogen-bond acceptors (Lipinski definition) is 2. The van der Waals surface area contributed by atoms with E-state index in [0.29, 0.717) is 5.56 Å². The van der Waals surface area contributed by atoms with Crippen molar-refractivity contribution >= 4 is 5.78 Å². The van der Waals surface area contributed by atoms with Crippen molar-refractivity contribution in [3.05, 3.63) is 35.4 Å². The largest absolute Gasteiger partial charge is 0.298 e. The molecule has 0 N–H and O–H groups in total. The zero-order valence-electron chi connectivity index (χ0n) is 8.92. The highest BCUT2D eigenvalue weighted by Gasteiger charge is 2.20. The van der Waals surface area contributed by atoms with Crippen LogP contribution in [0.1, 0.15) is 18.5 Å². The Labute approximate surface area is 87.5 Å². The fourth-order valence-corrected chi connectivity index (χ4v) is 1.63. The van der Waals surface area contributed by atoms with Gasteiger partial charge in [0.15, 0.2) is 5.78 Å².